The van der Waals surface area contributed by atoms with Crippen molar-refractivity contribution in [2.24, 2.45) is 0 Å². The number of halogens is 2. The molecule has 8 nitrogen and oxygen atoms in total. The Bertz CT molecular complexity index is 1540. The molecule has 0 radical (unpaired) electrons. The van der Waals surface area contributed by atoms with Crippen LogP contribution in [0.2, 0.25) is 0 Å². The minimum atomic E-state index is -3.72. The number of alkyl halides is 2. The van der Waals surface area contributed by atoms with Crippen molar-refractivity contribution in [1.29, 1.82) is 0 Å². The number of sulfonamides is 1. The van der Waals surface area contributed by atoms with Gasteiger partial charge in [0, 0.05) is 18.3 Å². The maximum Gasteiger partial charge on any atom is 0.586 e. The highest BCUT2D eigenvalue weighted by Crippen LogP contribution is 2.52. The third kappa shape index (κ3) is 4.64. The summed E-state index contributed by atoms with van der Waals surface area (Å²) in [7, 11) is -3.71. The molecule has 0 spiro atoms. The Morgan fingerprint density at radius 1 is 1.00 bits per heavy atom. The molecule has 0 unspecified atom stereocenters. The van der Waals surface area contributed by atoms with Gasteiger partial charge in [0.25, 0.3) is 0 Å². The topological polar surface area (TPSA) is 105 Å². The molecule has 1 saturated heterocycles. The Morgan fingerprint density at radius 3 is 2.46 bits per heavy atom. The summed E-state index contributed by atoms with van der Waals surface area (Å²) in [6.45, 7) is 0.180. The van der Waals surface area contributed by atoms with Crippen molar-refractivity contribution in [1.82, 2.24) is 4.31 Å². The quantitative estimate of drug-likeness (QED) is 0.444. The summed E-state index contributed by atoms with van der Waals surface area (Å²) in [4.78, 5) is 13.4. The first-order chi connectivity index (χ1) is 18.6. The standard InChI is InChI=1S/C28H26F2N2O6S/c29-28(30)37-24-11-8-20(16-25(24)38-28)27(12-13-27)26(34)31-21-4-1-3-19(15-21)18-6-9-23(10-7-18)39(35,36)32-14-2-5-22(32)17-33/h1,3-4,6-11,15-16,22,33H,2,5,12-14,17H2,(H,31,34)/t22-/m1/s1. The van der Waals surface area contributed by atoms with Crippen molar-refractivity contribution in [3.63, 3.8) is 0 Å². The van der Waals surface area contributed by atoms with Crippen molar-refractivity contribution < 1.29 is 36.6 Å². The Morgan fingerprint density at radius 2 is 1.74 bits per heavy atom. The second-order valence-corrected chi connectivity index (χ2v) is 12.0. The van der Waals surface area contributed by atoms with E-state index in [4.69, 9.17) is 0 Å². The Hall–Kier alpha value is -3.54. The number of hydrogen-bond acceptors (Lipinski definition) is 6. The number of amides is 1. The van der Waals surface area contributed by atoms with Crippen LogP contribution >= 0.6 is 0 Å². The average Bonchev–Trinajstić information content (AvgIpc) is 3.47. The summed E-state index contributed by atoms with van der Waals surface area (Å²) in [5.41, 5.74) is 1.83. The number of rotatable bonds is 7. The molecule has 0 aromatic heterocycles. The van der Waals surface area contributed by atoms with Gasteiger partial charge in [-0.3, -0.25) is 4.79 Å². The van der Waals surface area contributed by atoms with Crippen molar-refractivity contribution in [3.05, 3.63) is 72.3 Å². The minimum Gasteiger partial charge on any atom is -0.395 e. The first-order valence-electron chi connectivity index (χ1n) is 12.7. The number of benzene rings is 3. The van der Waals surface area contributed by atoms with Gasteiger partial charge in [-0.15, -0.1) is 8.78 Å². The summed E-state index contributed by atoms with van der Waals surface area (Å²) in [6.07, 6.45) is -1.23. The predicted molar refractivity (Wildman–Crippen MR) is 138 cm³/mol. The second-order valence-electron chi connectivity index (χ2n) is 10.1. The van der Waals surface area contributed by atoms with Crippen molar-refractivity contribution in [2.45, 2.75) is 48.3 Å². The Kier molecular flexibility index (Phi) is 6.12. The minimum absolute atomic E-state index is 0.0693. The van der Waals surface area contributed by atoms with Crippen LogP contribution in [0.15, 0.2) is 71.6 Å². The van der Waals surface area contributed by atoms with Gasteiger partial charge in [0.05, 0.1) is 16.9 Å². The molecule has 6 rings (SSSR count). The van der Waals surface area contributed by atoms with E-state index in [0.29, 0.717) is 43.5 Å². The lowest BCUT2D eigenvalue weighted by Crippen LogP contribution is -2.37. The summed E-state index contributed by atoms with van der Waals surface area (Å²) >= 11 is 0. The summed E-state index contributed by atoms with van der Waals surface area (Å²) in [5, 5.41) is 12.5. The van der Waals surface area contributed by atoms with Crippen LogP contribution in [0.25, 0.3) is 11.1 Å². The molecule has 11 heteroatoms. The van der Waals surface area contributed by atoms with Gasteiger partial charge in [-0.2, -0.15) is 4.31 Å². The number of nitrogens with zero attached hydrogens (tertiary/aromatic N) is 1. The Labute approximate surface area is 224 Å². The molecule has 1 saturated carbocycles. The highest BCUT2D eigenvalue weighted by atomic mass is 32.2. The molecule has 2 fully saturated rings. The Balaban J connectivity index is 1.18. The SMILES string of the molecule is O=C(Nc1cccc(-c2ccc(S(=O)(=O)N3CCC[C@@H]3CO)cc2)c1)C1(c2ccc3c(c2)OC(F)(F)O3)CC1. The third-order valence-corrected chi connectivity index (χ3v) is 9.55. The van der Waals surface area contributed by atoms with Crippen LogP contribution in [-0.2, 0) is 20.2 Å². The zero-order chi connectivity index (χ0) is 27.4. The largest absolute Gasteiger partial charge is 0.586 e. The zero-order valence-corrected chi connectivity index (χ0v) is 21.6. The van der Waals surface area contributed by atoms with E-state index in [1.165, 1.54) is 16.4 Å². The van der Waals surface area contributed by atoms with Crippen molar-refractivity contribution in [2.75, 3.05) is 18.5 Å². The molecule has 0 bridgehead atoms. The van der Waals surface area contributed by atoms with Crippen LogP contribution in [0.1, 0.15) is 31.2 Å². The van der Waals surface area contributed by atoms with Gasteiger partial charge >= 0.3 is 6.29 Å². The van der Waals surface area contributed by atoms with Gasteiger partial charge in [-0.1, -0.05) is 30.3 Å². The lowest BCUT2D eigenvalue weighted by molar-refractivity contribution is -0.286. The number of carbonyl (C=O) groups excluding carboxylic acids is 1. The summed E-state index contributed by atoms with van der Waals surface area (Å²) in [5.74, 6) is -0.420. The molecule has 3 aromatic rings. The molecule has 3 aromatic carbocycles. The molecule has 2 N–H and O–H groups in total. The number of ether oxygens (including phenoxy) is 2. The van der Waals surface area contributed by atoms with E-state index in [2.05, 4.69) is 14.8 Å². The van der Waals surface area contributed by atoms with E-state index >= 15 is 0 Å². The van der Waals surface area contributed by atoms with Gasteiger partial charge in [-0.05, 0) is 78.8 Å². The van der Waals surface area contributed by atoms with Gasteiger partial charge in [0.15, 0.2) is 11.5 Å². The maximum atomic E-state index is 13.4. The van der Waals surface area contributed by atoms with Crippen LogP contribution in [0.4, 0.5) is 14.5 Å². The molecule has 2 aliphatic heterocycles. The number of hydrogen-bond donors (Lipinski definition) is 2. The molecule has 204 valence electrons. The summed E-state index contributed by atoms with van der Waals surface area (Å²) < 4.78 is 63.3. The van der Waals surface area contributed by atoms with E-state index in [1.54, 1.807) is 48.5 Å². The smallest absolute Gasteiger partial charge is 0.395 e. The molecule has 1 atom stereocenters. The highest BCUT2D eigenvalue weighted by Gasteiger charge is 2.52. The lowest BCUT2D eigenvalue weighted by Gasteiger charge is -2.22. The van der Waals surface area contributed by atoms with E-state index in [-0.39, 0.29) is 28.9 Å². The van der Waals surface area contributed by atoms with Crippen molar-refractivity contribution in [3.8, 4) is 22.6 Å². The van der Waals surface area contributed by atoms with E-state index < -0.39 is 27.8 Å². The lowest BCUT2D eigenvalue weighted by atomic mass is 9.94. The number of carbonyl (C=O) groups is 1. The van der Waals surface area contributed by atoms with Crippen LogP contribution in [0.5, 0.6) is 11.5 Å². The molecule has 3 aliphatic rings. The first-order valence-corrected chi connectivity index (χ1v) is 14.1. The molecular formula is C28H26F2N2O6S. The van der Waals surface area contributed by atoms with Crippen LogP contribution in [-0.4, -0.2) is 49.2 Å². The van der Waals surface area contributed by atoms with Gasteiger partial charge in [0.2, 0.25) is 15.9 Å². The van der Waals surface area contributed by atoms with Gasteiger partial charge in [-0.25, -0.2) is 8.42 Å². The fraction of sp³-hybridized carbons (Fsp3) is 0.321. The first kappa shape index (κ1) is 25.7. The van der Waals surface area contributed by atoms with E-state index in [0.717, 1.165) is 11.1 Å². The van der Waals surface area contributed by atoms with Gasteiger partial charge in [0.1, 0.15) is 0 Å². The van der Waals surface area contributed by atoms with E-state index in [1.807, 2.05) is 6.07 Å². The number of nitrogens with one attached hydrogen (secondary N) is 1. The number of fused-ring (bicyclic) bond motifs is 1. The highest BCUT2D eigenvalue weighted by molar-refractivity contribution is 7.89. The number of anilines is 1. The normalized spacial score (nSPS) is 21.1. The number of aliphatic hydroxyl groups is 1. The second kappa shape index (κ2) is 9.29. The molecule has 1 aliphatic carbocycles. The van der Waals surface area contributed by atoms with Crippen LogP contribution in [0, 0.1) is 0 Å². The number of aliphatic hydroxyl groups excluding tert-OH is 1. The molecule has 2 heterocycles. The van der Waals surface area contributed by atoms with Crippen molar-refractivity contribution >= 4 is 21.6 Å². The van der Waals surface area contributed by atoms with E-state index in [9.17, 15) is 27.1 Å². The third-order valence-electron chi connectivity index (χ3n) is 7.59. The van der Waals surface area contributed by atoms with Gasteiger partial charge < -0.3 is 19.9 Å². The fourth-order valence-corrected chi connectivity index (χ4v) is 6.99. The fourth-order valence-electron chi connectivity index (χ4n) is 5.31. The van der Waals surface area contributed by atoms with Crippen LogP contribution in [0.3, 0.4) is 0 Å². The van der Waals surface area contributed by atoms with Crippen LogP contribution < -0.4 is 14.8 Å². The molecule has 1 amide bonds. The zero-order valence-electron chi connectivity index (χ0n) is 20.8. The molecule has 39 heavy (non-hydrogen) atoms. The average molecular weight is 557 g/mol. The maximum absolute atomic E-state index is 13.4. The molecular weight excluding hydrogens is 530 g/mol. The predicted octanol–water partition coefficient (Wildman–Crippen LogP) is 4.49. The monoisotopic (exact) mass is 556 g/mol. The summed E-state index contributed by atoms with van der Waals surface area (Å²) in [6, 6.07) is 17.7.